The van der Waals surface area contributed by atoms with Gasteiger partial charge in [0.1, 0.15) is 19.3 Å². The average Bonchev–Trinajstić information content (AvgIpc) is 3.41. The smallest absolute Gasteiger partial charge is 0.306 e. The molecule has 1 amide bonds. The molecular formula is C69H127N2O7P. The number of amides is 1. The number of phosphoric ester groups is 1. The van der Waals surface area contributed by atoms with Gasteiger partial charge in [-0.25, -0.2) is 0 Å². The number of rotatable bonds is 60. The molecule has 0 heterocycles. The van der Waals surface area contributed by atoms with Crippen LogP contribution in [0.4, 0.5) is 0 Å². The molecule has 0 fully saturated rings. The van der Waals surface area contributed by atoms with Crippen molar-refractivity contribution in [1.82, 2.24) is 5.32 Å². The quantitative estimate of drug-likeness (QED) is 0.0212. The molecule has 0 radical (unpaired) electrons. The molecule has 3 unspecified atom stereocenters. The van der Waals surface area contributed by atoms with Crippen LogP contribution in [-0.4, -0.2) is 69.4 Å². The SMILES string of the molecule is CCCCC/C=C\C/C=C\C/C=C\CCCCCCC(=O)OC(/C=C\CCCCCCCCCCC)C(COP(=O)([O-])OCC[N+](C)(C)C)NC(=O)CCCCCCCCCCCCCCCCC/C=C\C/C=C\CCCCC. The topological polar surface area (TPSA) is 114 Å². The zero-order valence-corrected chi connectivity index (χ0v) is 53.5. The fourth-order valence-electron chi connectivity index (χ4n) is 9.44. The third-order valence-corrected chi connectivity index (χ3v) is 15.6. The van der Waals surface area contributed by atoms with Crippen molar-refractivity contribution in [2.75, 3.05) is 40.9 Å². The van der Waals surface area contributed by atoms with Crippen LogP contribution in [0.3, 0.4) is 0 Å². The largest absolute Gasteiger partial charge is 0.756 e. The Labute approximate surface area is 489 Å². The third kappa shape index (κ3) is 59.9. The summed E-state index contributed by atoms with van der Waals surface area (Å²) < 4.78 is 30.3. The Bertz CT molecular complexity index is 1580. The van der Waals surface area contributed by atoms with Gasteiger partial charge in [0.05, 0.1) is 33.8 Å². The molecule has 0 aliphatic carbocycles. The van der Waals surface area contributed by atoms with Gasteiger partial charge in [-0.3, -0.25) is 14.2 Å². The summed E-state index contributed by atoms with van der Waals surface area (Å²) in [4.78, 5) is 40.0. The van der Waals surface area contributed by atoms with Gasteiger partial charge < -0.3 is 28.5 Å². The maximum Gasteiger partial charge on any atom is 0.306 e. The van der Waals surface area contributed by atoms with Crippen LogP contribution >= 0.6 is 7.82 Å². The Morgan fingerprint density at radius 1 is 0.443 bits per heavy atom. The first-order chi connectivity index (χ1) is 38.4. The number of ether oxygens (including phenoxy) is 1. The molecule has 3 atom stereocenters. The molecule has 0 saturated heterocycles. The number of phosphoric acid groups is 1. The van der Waals surface area contributed by atoms with Gasteiger partial charge in [-0.2, -0.15) is 0 Å². The summed E-state index contributed by atoms with van der Waals surface area (Å²) in [6, 6.07) is -0.899. The lowest BCUT2D eigenvalue weighted by molar-refractivity contribution is -0.870. The van der Waals surface area contributed by atoms with Gasteiger partial charge in [0.25, 0.3) is 7.82 Å². The van der Waals surface area contributed by atoms with Crippen LogP contribution in [0.2, 0.25) is 0 Å². The molecule has 0 aliphatic heterocycles. The second-order valence-electron chi connectivity index (χ2n) is 23.6. The van der Waals surface area contributed by atoms with E-state index in [1.807, 2.05) is 33.3 Å². The monoisotopic (exact) mass is 1130 g/mol. The first-order valence-electron chi connectivity index (χ1n) is 33.2. The molecule has 0 aliphatic rings. The number of unbranched alkanes of at least 4 members (excludes halogenated alkanes) is 34. The van der Waals surface area contributed by atoms with Gasteiger partial charge >= 0.3 is 5.97 Å². The fraction of sp³-hybridized carbons (Fsp3) is 0.797. The van der Waals surface area contributed by atoms with Crippen molar-refractivity contribution in [1.29, 1.82) is 0 Å². The lowest BCUT2D eigenvalue weighted by atomic mass is 10.0. The van der Waals surface area contributed by atoms with E-state index < -0.39 is 26.6 Å². The number of carbonyl (C=O) groups is 2. The maximum atomic E-state index is 13.6. The van der Waals surface area contributed by atoms with Crippen molar-refractivity contribution in [3.63, 3.8) is 0 Å². The summed E-state index contributed by atoms with van der Waals surface area (Å²) in [5.74, 6) is -0.561. The predicted octanol–water partition coefficient (Wildman–Crippen LogP) is 20.2. The van der Waals surface area contributed by atoms with E-state index in [9.17, 15) is 19.0 Å². The van der Waals surface area contributed by atoms with Crippen LogP contribution in [0, 0.1) is 0 Å². The molecule has 0 aromatic heterocycles. The van der Waals surface area contributed by atoms with Crippen molar-refractivity contribution in [3.05, 3.63) is 72.9 Å². The van der Waals surface area contributed by atoms with Crippen molar-refractivity contribution < 1.29 is 37.3 Å². The van der Waals surface area contributed by atoms with Crippen LogP contribution in [0.5, 0.6) is 0 Å². The van der Waals surface area contributed by atoms with Gasteiger partial charge in [-0.05, 0) is 102 Å². The second-order valence-corrected chi connectivity index (χ2v) is 25.0. The Balaban J connectivity index is 5.09. The highest BCUT2D eigenvalue weighted by molar-refractivity contribution is 7.45. The molecule has 0 spiro atoms. The first kappa shape index (κ1) is 76.5. The second kappa shape index (κ2) is 58.6. The van der Waals surface area contributed by atoms with Gasteiger partial charge in [0.2, 0.25) is 5.91 Å². The highest BCUT2D eigenvalue weighted by atomic mass is 31.2. The minimum absolute atomic E-state index is 0.0274. The molecule has 0 saturated carbocycles. The summed E-state index contributed by atoms with van der Waals surface area (Å²) in [7, 11) is 1.17. The van der Waals surface area contributed by atoms with Gasteiger partial charge in [0, 0.05) is 12.8 Å². The number of likely N-dealkylation sites (N-methyl/N-ethyl adjacent to an activating group) is 1. The van der Waals surface area contributed by atoms with Crippen LogP contribution < -0.4 is 10.2 Å². The van der Waals surface area contributed by atoms with E-state index in [0.717, 1.165) is 83.5 Å². The zero-order valence-electron chi connectivity index (χ0n) is 52.6. The number of hydrogen-bond donors (Lipinski definition) is 1. The highest BCUT2D eigenvalue weighted by Crippen LogP contribution is 2.38. The summed E-state index contributed by atoms with van der Waals surface area (Å²) in [6.07, 6.45) is 75.9. The van der Waals surface area contributed by atoms with E-state index in [4.69, 9.17) is 13.8 Å². The number of quaternary nitrogens is 1. The Hall–Kier alpha value is -2.55. The Kier molecular flexibility index (Phi) is 56.7. The molecular weight excluding hydrogens is 1000 g/mol. The number of nitrogens with zero attached hydrogens (tertiary/aromatic N) is 1. The summed E-state index contributed by atoms with van der Waals surface area (Å²) in [5, 5.41) is 3.03. The molecule has 1 N–H and O–H groups in total. The van der Waals surface area contributed by atoms with E-state index in [-0.39, 0.29) is 24.9 Å². The van der Waals surface area contributed by atoms with E-state index in [1.165, 1.54) is 180 Å². The fourth-order valence-corrected chi connectivity index (χ4v) is 10.2. The zero-order chi connectivity index (χ0) is 57.9. The first-order valence-corrected chi connectivity index (χ1v) is 34.7. The lowest BCUT2D eigenvalue weighted by Gasteiger charge is -2.30. The average molecular weight is 1130 g/mol. The van der Waals surface area contributed by atoms with E-state index in [1.54, 1.807) is 0 Å². The van der Waals surface area contributed by atoms with Crippen LogP contribution in [-0.2, 0) is 27.9 Å². The predicted molar refractivity (Wildman–Crippen MR) is 339 cm³/mol. The van der Waals surface area contributed by atoms with E-state index in [2.05, 4.69) is 86.8 Å². The highest BCUT2D eigenvalue weighted by Gasteiger charge is 2.27. The number of nitrogens with one attached hydrogen (secondary N) is 1. The van der Waals surface area contributed by atoms with E-state index in [0.29, 0.717) is 23.9 Å². The van der Waals surface area contributed by atoms with Crippen LogP contribution in [0.25, 0.3) is 0 Å². The van der Waals surface area contributed by atoms with Crippen molar-refractivity contribution >= 4 is 19.7 Å². The Morgan fingerprint density at radius 3 is 1.18 bits per heavy atom. The molecule has 0 rings (SSSR count). The van der Waals surface area contributed by atoms with Crippen molar-refractivity contribution in [2.24, 2.45) is 0 Å². The lowest BCUT2D eigenvalue weighted by Crippen LogP contribution is -2.47. The van der Waals surface area contributed by atoms with Gasteiger partial charge in [-0.15, -0.1) is 0 Å². The minimum atomic E-state index is -4.71. The number of carbonyl (C=O) groups excluding carboxylic acids is 2. The minimum Gasteiger partial charge on any atom is -0.756 e. The summed E-state index contributed by atoms with van der Waals surface area (Å²) in [5.41, 5.74) is 0. The van der Waals surface area contributed by atoms with Gasteiger partial charge in [-0.1, -0.05) is 261 Å². The number of hydrogen-bond acceptors (Lipinski definition) is 7. The molecule has 0 bridgehead atoms. The number of esters is 1. The third-order valence-electron chi connectivity index (χ3n) is 14.6. The Morgan fingerprint density at radius 2 is 0.772 bits per heavy atom. The molecule has 79 heavy (non-hydrogen) atoms. The molecule has 9 nitrogen and oxygen atoms in total. The standard InChI is InChI=1S/C69H127N2O7P/c1-7-10-13-16-19-22-25-27-29-31-32-33-34-35-36-37-38-40-41-43-46-49-52-55-58-61-68(72)70-66(65-77-79(74,75)76-64-63-71(4,5)6)67(60-57-54-51-48-45-24-21-18-15-12-9-3)78-69(73)62-59-56-53-50-47-44-42-39-30-28-26-23-20-17-14-11-8-2/h19-20,22-23,27-30,42,44,57,60,66-67H,7-18,21,24-26,31-41,43,45-56,58-59,61-65H2,1-6H3,(H-,70,72,74,75)/b22-19-,23-20-,29-27-,30-28-,44-42-,60-57-. The molecule has 460 valence electrons. The van der Waals surface area contributed by atoms with E-state index >= 15 is 0 Å². The summed E-state index contributed by atoms with van der Waals surface area (Å²) >= 11 is 0. The van der Waals surface area contributed by atoms with Crippen LogP contribution in [0.15, 0.2) is 72.9 Å². The van der Waals surface area contributed by atoms with Crippen LogP contribution in [0.1, 0.15) is 303 Å². The molecule has 0 aromatic carbocycles. The van der Waals surface area contributed by atoms with Crippen molar-refractivity contribution in [2.45, 2.75) is 315 Å². The molecule has 10 heteroatoms. The maximum absolute atomic E-state index is 13.6. The van der Waals surface area contributed by atoms with Crippen molar-refractivity contribution in [3.8, 4) is 0 Å². The normalized spacial score (nSPS) is 14.1. The summed E-state index contributed by atoms with van der Waals surface area (Å²) in [6.45, 7) is 6.79. The van der Waals surface area contributed by atoms with Gasteiger partial charge in [0.15, 0.2) is 0 Å². The molecule has 0 aromatic rings. The number of allylic oxidation sites excluding steroid dienone is 11.